The fourth-order valence-electron chi connectivity index (χ4n) is 2.17. The number of piperazine rings is 1. The minimum absolute atomic E-state index is 0.306. The number of ether oxygens (including phenoxy) is 1. The van der Waals surface area contributed by atoms with Gasteiger partial charge in [0.15, 0.2) is 5.13 Å². The fraction of sp³-hybridized carbons (Fsp3) is 0.667. The number of methoxy groups -OCH3 is 1. The van der Waals surface area contributed by atoms with Crippen LogP contribution in [0.2, 0.25) is 0 Å². The van der Waals surface area contributed by atoms with Crippen molar-refractivity contribution in [2.45, 2.75) is 19.4 Å². The zero-order valence-electron chi connectivity index (χ0n) is 11.0. The number of anilines is 1. The number of esters is 1. The van der Waals surface area contributed by atoms with Crippen LogP contribution in [0.25, 0.3) is 0 Å². The zero-order chi connectivity index (χ0) is 13.1. The van der Waals surface area contributed by atoms with E-state index in [1.807, 2.05) is 0 Å². The van der Waals surface area contributed by atoms with Crippen molar-refractivity contribution in [3.8, 4) is 0 Å². The van der Waals surface area contributed by atoms with E-state index in [-0.39, 0.29) is 5.97 Å². The molecule has 1 atom stereocenters. The number of thiazole rings is 1. The third-order valence-electron chi connectivity index (χ3n) is 3.40. The lowest BCUT2D eigenvalue weighted by atomic mass is 10.1. The number of carbonyl (C=O) groups is 1. The molecule has 1 aromatic rings. The minimum Gasteiger partial charge on any atom is -0.465 e. The minimum atomic E-state index is -0.306. The molecule has 6 heteroatoms. The van der Waals surface area contributed by atoms with Gasteiger partial charge in [0.05, 0.1) is 13.3 Å². The average Bonchev–Trinajstić information content (AvgIpc) is 2.88. The number of rotatable bonds is 3. The van der Waals surface area contributed by atoms with Crippen LogP contribution in [-0.2, 0) is 4.74 Å². The summed E-state index contributed by atoms with van der Waals surface area (Å²) in [6, 6.07) is 0.559. The van der Waals surface area contributed by atoms with Gasteiger partial charge in [-0.25, -0.2) is 9.78 Å². The lowest BCUT2D eigenvalue weighted by molar-refractivity contribution is 0.0606. The quantitative estimate of drug-likeness (QED) is 0.777. The molecule has 1 aromatic heterocycles. The van der Waals surface area contributed by atoms with Gasteiger partial charge >= 0.3 is 5.97 Å². The molecule has 5 nitrogen and oxygen atoms in total. The molecule has 1 saturated heterocycles. The van der Waals surface area contributed by atoms with Gasteiger partial charge in [0.25, 0.3) is 0 Å². The Morgan fingerprint density at radius 2 is 2.39 bits per heavy atom. The van der Waals surface area contributed by atoms with Crippen LogP contribution in [0.3, 0.4) is 0 Å². The van der Waals surface area contributed by atoms with E-state index >= 15 is 0 Å². The summed E-state index contributed by atoms with van der Waals surface area (Å²) in [4.78, 5) is 20.9. The van der Waals surface area contributed by atoms with Crippen molar-refractivity contribution < 1.29 is 9.53 Å². The molecule has 100 valence electrons. The van der Waals surface area contributed by atoms with Crippen LogP contribution in [0.15, 0.2) is 6.20 Å². The third-order valence-corrected chi connectivity index (χ3v) is 4.44. The molecular formula is C12H19N3O2S. The molecule has 2 heterocycles. The first-order valence-corrected chi connectivity index (χ1v) is 6.96. The maximum Gasteiger partial charge on any atom is 0.349 e. The Balaban J connectivity index is 2.07. The monoisotopic (exact) mass is 269 g/mol. The Kier molecular flexibility index (Phi) is 4.19. The van der Waals surface area contributed by atoms with E-state index in [0.717, 1.165) is 31.2 Å². The Morgan fingerprint density at radius 1 is 1.61 bits per heavy atom. The van der Waals surface area contributed by atoms with Crippen LogP contribution in [0.1, 0.15) is 23.0 Å². The summed E-state index contributed by atoms with van der Waals surface area (Å²) in [6.07, 6.45) is 2.73. The average molecular weight is 269 g/mol. The van der Waals surface area contributed by atoms with Gasteiger partial charge in [-0.05, 0) is 13.5 Å². The van der Waals surface area contributed by atoms with E-state index in [0.29, 0.717) is 10.9 Å². The number of hydrogen-bond donors (Lipinski definition) is 0. The van der Waals surface area contributed by atoms with Gasteiger partial charge in [0, 0.05) is 25.7 Å². The highest BCUT2D eigenvalue weighted by Gasteiger charge is 2.25. The SMILES string of the molecule is CCC1CN(c2ncc(C(=O)OC)s2)CCN1C. The Hall–Kier alpha value is -1.14. The van der Waals surface area contributed by atoms with Gasteiger partial charge in [-0.2, -0.15) is 0 Å². The number of aromatic nitrogens is 1. The van der Waals surface area contributed by atoms with E-state index in [1.165, 1.54) is 18.4 Å². The van der Waals surface area contributed by atoms with Gasteiger partial charge in [-0.15, -0.1) is 0 Å². The lowest BCUT2D eigenvalue weighted by Gasteiger charge is -2.38. The highest BCUT2D eigenvalue weighted by atomic mass is 32.1. The summed E-state index contributed by atoms with van der Waals surface area (Å²) in [5, 5.41) is 0.918. The number of likely N-dealkylation sites (N-methyl/N-ethyl adjacent to an activating group) is 1. The first-order chi connectivity index (χ1) is 8.65. The fourth-order valence-corrected chi connectivity index (χ4v) is 3.04. The Morgan fingerprint density at radius 3 is 3.06 bits per heavy atom. The topological polar surface area (TPSA) is 45.7 Å². The van der Waals surface area contributed by atoms with Crippen molar-refractivity contribution in [1.82, 2.24) is 9.88 Å². The summed E-state index contributed by atoms with van der Waals surface area (Å²) in [7, 11) is 3.55. The molecule has 1 fully saturated rings. The van der Waals surface area contributed by atoms with Gasteiger partial charge in [-0.1, -0.05) is 18.3 Å². The summed E-state index contributed by atoms with van der Waals surface area (Å²) in [5.74, 6) is -0.306. The zero-order valence-corrected chi connectivity index (χ0v) is 11.9. The molecule has 18 heavy (non-hydrogen) atoms. The number of carbonyl (C=O) groups excluding carboxylic acids is 1. The summed E-state index contributed by atoms with van der Waals surface area (Å²) >= 11 is 1.41. The van der Waals surface area contributed by atoms with Gasteiger partial charge < -0.3 is 9.64 Å². The Labute approximate surface area is 111 Å². The summed E-state index contributed by atoms with van der Waals surface area (Å²) < 4.78 is 4.70. The van der Waals surface area contributed by atoms with Crippen molar-refractivity contribution >= 4 is 22.4 Å². The predicted molar refractivity (Wildman–Crippen MR) is 72.4 cm³/mol. The van der Waals surface area contributed by atoms with Gasteiger partial charge in [-0.3, -0.25) is 4.90 Å². The maximum absolute atomic E-state index is 11.4. The van der Waals surface area contributed by atoms with Crippen LogP contribution in [0, 0.1) is 0 Å². The molecular weight excluding hydrogens is 250 g/mol. The molecule has 2 rings (SSSR count). The molecule has 0 aliphatic carbocycles. The number of nitrogens with zero attached hydrogens (tertiary/aromatic N) is 3. The maximum atomic E-state index is 11.4. The molecule has 0 N–H and O–H groups in total. The lowest BCUT2D eigenvalue weighted by Crippen LogP contribution is -2.51. The van der Waals surface area contributed by atoms with Crippen molar-refractivity contribution in [2.75, 3.05) is 38.7 Å². The van der Waals surface area contributed by atoms with E-state index in [2.05, 4.69) is 28.8 Å². The van der Waals surface area contributed by atoms with Crippen LogP contribution in [-0.4, -0.2) is 55.7 Å². The molecule has 0 saturated carbocycles. The second-order valence-electron chi connectivity index (χ2n) is 4.49. The van der Waals surface area contributed by atoms with Crippen LogP contribution in [0.5, 0.6) is 0 Å². The second kappa shape index (κ2) is 5.67. The van der Waals surface area contributed by atoms with Crippen LogP contribution in [0.4, 0.5) is 5.13 Å². The van der Waals surface area contributed by atoms with E-state index < -0.39 is 0 Å². The summed E-state index contributed by atoms with van der Waals surface area (Å²) in [5.41, 5.74) is 0. The van der Waals surface area contributed by atoms with Crippen molar-refractivity contribution in [3.63, 3.8) is 0 Å². The number of hydrogen-bond acceptors (Lipinski definition) is 6. The van der Waals surface area contributed by atoms with Crippen LogP contribution >= 0.6 is 11.3 Å². The molecule has 1 aliphatic heterocycles. The molecule has 0 bridgehead atoms. The van der Waals surface area contributed by atoms with Crippen LogP contribution < -0.4 is 4.90 Å². The molecule has 0 radical (unpaired) electrons. The molecule has 0 spiro atoms. The smallest absolute Gasteiger partial charge is 0.349 e. The highest BCUT2D eigenvalue weighted by Crippen LogP contribution is 2.25. The Bertz CT molecular complexity index is 421. The summed E-state index contributed by atoms with van der Waals surface area (Å²) in [6.45, 7) is 5.17. The molecule has 1 unspecified atom stereocenters. The van der Waals surface area contributed by atoms with Crippen molar-refractivity contribution in [1.29, 1.82) is 0 Å². The normalized spacial score (nSPS) is 21.1. The molecule has 1 aliphatic rings. The predicted octanol–water partition coefficient (Wildman–Crippen LogP) is 1.46. The first kappa shape index (κ1) is 13.3. The van der Waals surface area contributed by atoms with E-state index in [1.54, 1.807) is 6.20 Å². The van der Waals surface area contributed by atoms with E-state index in [4.69, 9.17) is 4.74 Å². The van der Waals surface area contributed by atoms with E-state index in [9.17, 15) is 4.79 Å². The third kappa shape index (κ3) is 2.64. The standard InChI is InChI=1S/C12H19N3O2S/c1-4-9-8-15(6-5-14(9)2)12-13-7-10(18-12)11(16)17-3/h7,9H,4-6,8H2,1-3H3. The molecule has 0 amide bonds. The van der Waals surface area contributed by atoms with Crippen molar-refractivity contribution in [2.24, 2.45) is 0 Å². The largest absolute Gasteiger partial charge is 0.465 e. The van der Waals surface area contributed by atoms with Gasteiger partial charge in [0.2, 0.25) is 0 Å². The highest BCUT2D eigenvalue weighted by molar-refractivity contribution is 7.17. The molecule has 0 aromatic carbocycles. The second-order valence-corrected chi connectivity index (χ2v) is 5.50. The first-order valence-electron chi connectivity index (χ1n) is 6.15. The van der Waals surface area contributed by atoms with Gasteiger partial charge in [0.1, 0.15) is 4.88 Å². The van der Waals surface area contributed by atoms with Crippen molar-refractivity contribution in [3.05, 3.63) is 11.1 Å².